The first kappa shape index (κ1) is 17.3. The number of rotatable bonds is 7. The smallest absolute Gasteiger partial charge is 0.234 e. The molecular weight excluding hydrogens is 327 g/mol. The van der Waals surface area contributed by atoms with Crippen molar-refractivity contribution in [3.8, 4) is 5.75 Å². The first-order chi connectivity index (χ1) is 12.1. The van der Waals surface area contributed by atoms with Gasteiger partial charge < -0.3 is 14.6 Å². The molecule has 134 valence electrons. The number of benzene rings is 1. The second kappa shape index (κ2) is 8.06. The van der Waals surface area contributed by atoms with Gasteiger partial charge in [-0.1, -0.05) is 5.16 Å². The van der Waals surface area contributed by atoms with Gasteiger partial charge in [0.25, 0.3) is 0 Å². The number of carbonyl (C=O) groups excluding carboxylic acids is 1. The molecule has 0 aliphatic carbocycles. The lowest BCUT2D eigenvalue weighted by Gasteiger charge is -2.21. The van der Waals surface area contributed by atoms with E-state index >= 15 is 0 Å². The van der Waals surface area contributed by atoms with E-state index in [1.165, 1.54) is 12.1 Å². The van der Waals surface area contributed by atoms with Crippen LogP contribution in [0.1, 0.15) is 30.6 Å². The van der Waals surface area contributed by atoms with E-state index in [1.807, 2.05) is 0 Å². The number of hydrogen-bond acceptors (Lipinski definition) is 6. The molecule has 1 aliphatic heterocycles. The summed E-state index contributed by atoms with van der Waals surface area (Å²) in [5.74, 6) is 1.36. The molecule has 0 spiro atoms. The van der Waals surface area contributed by atoms with Gasteiger partial charge in [-0.05, 0) is 43.7 Å². The first-order valence-electron chi connectivity index (χ1n) is 8.31. The van der Waals surface area contributed by atoms with Crippen molar-refractivity contribution in [1.82, 2.24) is 20.4 Å². The number of nitrogens with one attached hydrogen (secondary N) is 1. The van der Waals surface area contributed by atoms with Gasteiger partial charge in [-0.2, -0.15) is 4.98 Å². The highest BCUT2D eigenvalue weighted by Crippen LogP contribution is 2.29. The van der Waals surface area contributed by atoms with Crippen LogP contribution in [0.4, 0.5) is 4.39 Å². The molecule has 7 nitrogen and oxygen atoms in total. The molecule has 1 fully saturated rings. The largest absolute Gasteiger partial charge is 0.492 e. The maximum Gasteiger partial charge on any atom is 0.234 e. The number of hydrogen-bond donors (Lipinski definition) is 1. The van der Waals surface area contributed by atoms with Crippen LogP contribution in [0.25, 0.3) is 0 Å². The second-order valence-electron chi connectivity index (χ2n) is 5.95. The third-order valence-electron chi connectivity index (χ3n) is 4.06. The Morgan fingerprint density at radius 3 is 2.96 bits per heavy atom. The Kier molecular flexibility index (Phi) is 5.60. The fraction of sp³-hybridized carbons (Fsp3) is 0.471. The molecule has 0 saturated carbocycles. The van der Waals surface area contributed by atoms with Crippen LogP contribution in [-0.4, -0.2) is 47.2 Å². The number of ether oxygens (including phenoxy) is 1. The fourth-order valence-corrected chi connectivity index (χ4v) is 2.89. The highest BCUT2D eigenvalue weighted by atomic mass is 19.1. The summed E-state index contributed by atoms with van der Waals surface area (Å²) in [6, 6.07) is 5.80. The number of aromatic nitrogens is 2. The van der Waals surface area contributed by atoms with Crippen molar-refractivity contribution in [3.63, 3.8) is 0 Å². The Labute approximate surface area is 145 Å². The Balaban J connectivity index is 1.40. The maximum atomic E-state index is 12.8. The van der Waals surface area contributed by atoms with Gasteiger partial charge >= 0.3 is 0 Å². The minimum absolute atomic E-state index is 0.0265. The topological polar surface area (TPSA) is 80.5 Å². The highest BCUT2D eigenvalue weighted by Gasteiger charge is 2.30. The Hall–Kier alpha value is -2.48. The lowest BCUT2D eigenvalue weighted by atomic mass is 10.2. The standard InChI is InChI=1S/C17H21FN4O3/c1-12-20-17(21-25-12)15-3-2-9-22(15)11-16(23)19-8-10-24-14-6-4-13(18)5-7-14/h4-7,15H,2-3,8-11H2,1H3,(H,19,23). The lowest BCUT2D eigenvalue weighted by Crippen LogP contribution is -2.38. The molecule has 0 radical (unpaired) electrons. The zero-order chi connectivity index (χ0) is 17.6. The van der Waals surface area contributed by atoms with E-state index in [-0.39, 0.29) is 24.3 Å². The van der Waals surface area contributed by atoms with Gasteiger partial charge in [0, 0.05) is 6.92 Å². The van der Waals surface area contributed by atoms with Gasteiger partial charge in [-0.3, -0.25) is 9.69 Å². The van der Waals surface area contributed by atoms with Crippen molar-refractivity contribution in [2.75, 3.05) is 26.2 Å². The third-order valence-corrected chi connectivity index (χ3v) is 4.06. The Morgan fingerprint density at radius 1 is 1.44 bits per heavy atom. The molecule has 2 aromatic rings. The number of amides is 1. The molecule has 1 saturated heterocycles. The highest BCUT2D eigenvalue weighted by molar-refractivity contribution is 5.78. The first-order valence-corrected chi connectivity index (χ1v) is 8.31. The molecule has 1 atom stereocenters. The van der Waals surface area contributed by atoms with Crippen molar-refractivity contribution < 1.29 is 18.4 Å². The van der Waals surface area contributed by atoms with E-state index in [1.54, 1.807) is 19.1 Å². The second-order valence-corrected chi connectivity index (χ2v) is 5.95. The summed E-state index contributed by atoms with van der Waals surface area (Å²) in [5, 5.41) is 6.79. The van der Waals surface area contributed by atoms with Crippen molar-refractivity contribution in [1.29, 1.82) is 0 Å². The molecule has 1 unspecified atom stereocenters. The summed E-state index contributed by atoms with van der Waals surface area (Å²) in [5.41, 5.74) is 0. The minimum atomic E-state index is -0.308. The molecule has 8 heteroatoms. The van der Waals surface area contributed by atoms with Crippen LogP contribution in [0.15, 0.2) is 28.8 Å². The average molecular weight is 348 g/mol. The van der Waals surface area contributed by atoms with Crippen LogP contribution in [0.2, 0.25) is 0 Å². The molecular formula is C17H21FN4O3. The summed E-state index contributed by atoms with van der Waals surface area (Å²) >= 11 is 0. The molecule has 0 bridgehead atoms. The number of aryl methyl sites for hydroxylation is 1. The van der Waals surface area contributed by atoms with E-state index in [0.717, 1.165) is 19.4 Å². The van der Waals surface area contributed by atoms with Gasteiger partial charge in [-0.15, -0.1) is 0 Å². The monoisotopic (exact) mass is 348 g/mol. The molecule has 1 aromatic heterocycles. The van der Waals surface area contributed by atoms with E-state index < -0.39 is 0 Å². The van der Waals surface area contributed by atoms with Crippen molar-refractivity contribution in [2.45, 2.75) is 25.8 Å². The third kappa shape index (κ3) is 4.76. The summed E-state index contributed by atoms with van der Waals surface area (Å²) < 4.78 is 23.3. The molecule has 1 N–H and O–H groups in total. The van der Waals surface area contributed by atoms with E-state index in [9.17, 15) is 9.18 Å². The normalized spacial score (nSPS) is 17.6. The quantitative estimate of drug-likeness (QED) is 0.769. The van der Waals surface area contributed by atoms with Crippen LogP contribution in [0.5, 0.6) is 5.75 Å². The number of likely N-dealkylation sites (tertiary alicyclic amines) is 1. The number of halogens is 1. The zero-order valence-electron chi connectivity index (χ0n) is 14.1. The minimum Gasteiger partial charge on any atom is -0.492 e. The molecule has 1 aromatic carbocycles. The summed E-state index contributed by atoms with van der Waals surface area (Å²) in [4.78, 5) is 18.4. The maximum absolute atomic E-state index is 12.8. The van der Waals surface area contributed by atoms with Gasteiger partial charge in [0.05, 0.1) is 19.1 Å². The molecule has 25 heavy (non-hydrogen) atoms. The van der Waals surface area contributed by atoms with Crippen LogP contribution >= 0.6 is 0 Å². The Morgan fingerprint density at radius 2 is 2.24 bits per heavy atom. The van der Waals surface area contributed by atoms with E-state index in [2.05, 4.69) is 20.4 Å². The zero-order valence-corrected chi connectivity index (χ0v) is 14.1. The number of nitrogens with zero attached hydrogens (tertiary/aromatic N) is 3. The average Bonchev–Trinajstić information content (AvgIpc) is 3.22. The predicted molar refractivity (Wildman–Crippen MR) is 87.5 cm³/mol. The van der Waals surface area contributed by atoms with Crippen LogP contribution in [-0.2, 0) is 4.79 Å². The lowest BCUT2D eigenvalue weighted by molar-refractivity contribution is -0.122. The molecule has 2 heterocycles. The Bertz CT molecular complexity index is 704. The van der Waals surface area contributed by atoms with Crippen molar-refractivity contribution in [2.24, 2.45) is 0 Å². The van der Waals surface area contributed by atoms with Crippen molar-refractivity contribution >= 4 is 5.91 Å². The predicted octanol–water partition coefficient (Wildman–Crippen LogP) is 1.85. The SMILES string of the molecule is Cc1nc(C2CCCN2CC(=O)NCCOc2ccc(F)cc2)no1. The fourth-order valence-electron chi connectivity index (χ4n) is 2.89. The van der Waals surface area contributed by atoms with Gasteiger partial charge in [0.1, 0.15) is 18.2 Å². The molecule has 1 aliphatic rings. The molecule has 1 amide bonds. The van der Waals surface area contributed by atoms with Gasteiger partial charge in [0.2, 0.25) is 11.8 Å². The van der Waals surface area contributed by atoms with Crippen LogP contribution in [0, 0.1) is 12.7 Å². The van der Waals surface area contributed by atoms with E-state index in [4.69, 9.17) is 9.26 Å². The summed E-state index contributed by atoms with van der Waals surface area (Å²) in [7, 11) is 0. The summed E-state index contributed by atoms with van der Waals surface area (Å²) in [6.45, 7) is 3.58. The number of carbonyl (C=O) groups is 1. The van der Waals surface area contributed by atoms with Gasteiger partial charge in [0.15, 0.2) is 5.82 Å². The molecule has 3 rings (SSSR count). The van der Waals surface area contributed by atoms with E-state index in [0.29, 0.717) is 30.6 Å². The van der Waals surface area contributed by atoms with Crippen LogP contribution < -0.4 is 10.1 Å². The van der Waals surface area contributed by atoms with Crippen LogP contribution in [0.3, 0.4) is 0 Å². The van der Waals surface area contributed by atoms with Gasteiger partial charge in [-0.25, -0.2) is 4.39 Å². The van der Waals surface area contributed by atoms with Crippen molar-refractivity contribution in [3.05, 3.63) is 41.8 Å². The summed E-state index contributed by atoms with van der Waals surface area (Å²) in [6.07, 6.45) is 1.92.